The first-order valence-electron chi connectivity index (χ1n) is 7.09. The van der Waals surface area contributed by atoms with Crippen molar-refractivity contribution >= 4 is 34.1 Å². The molecule has 0 atom stereocenters. The molecule has 1 heterocycles. The van der Waals surface area contributed by atoms with Gasteiger partial charge >= 0.3 is 0 Å². The van der Waals surface area contributed by atoms with E-state index in [2.05, 4.69) is 4.98 Å². The summed E-state index contributed by atoms with van der Waals surface area (Å²) >= 11 is 12.0. The van der Waals surface area contributed by atoms with E-state index in [1.807, 2.05) is 37.3 Å². The topological polar surface area (TPSA) is 31.4 Å². The molecule has 0 unspecified atom stereocenters. The number of hydrogen-bond donors (Lipinski definition) is 0. The van der Waals surface area contributed by atoms with E-state index >= 15 is 0 Å². The molecule has 118 valence electrons. The lowest BCUT2D eigenvalue weighted by atomic mass is 10.1. The van der Waals surface area contributed by atoms with Crippen molar-refractivity contribution in [1.29, 1.82) is 0 Å². The number of fused-ring (bicyclic) bond motifs is 1. The summed E-state index contributed by atoms with van der Waals surface area (Å²) in [6, 6.07) is 13.1. The SMILES string of the molecule is COc1ccc2nc(C)cc(OCc3ccc(Cl)c(Cl)c3)c2c1. The highest BCUT2D eigenvalue weighted by Crippen LogP contribution is 2.30. The zero-order valence-corrected chi connectivity index (χ0v) is 14.3. The molecule has 0 N–H and O–H groups in total. The molecule has 3 aromatic rings. The summed E-state index contributed by atoms with van der Waals surface area (Å²) in [4.78, 5) is 4.52. The van der Waals surface area contributed by atoms with E-state index in [9.17, 15) is 0 Å². The first-order valence-corrected chi connectivity index (χ1v) is 7.84. The summed E-state index contributed by atoms with van der Waals surface area (Å²) in [6.45, 7) is 2.34. The number of halogens is 2. The predicted molar refractivity (Wildman–Crippen MR) is 93.8 cm³/mol. The molecular weight excluding hydrogens is 333 g/mol. The summed E-state index contributed by atoms with van der Waals surface area (Å²) in [5.74, 6) is 1.53. The van der Waals surface area contributed by atoms with Crippen LogP contribution in [0.4, 0.5) is 0 Å². The largest absolute Gasteiger partial charge is 0.497 e. The van der Waals surface area contributed by atoms with Crippen molar-refractivity contribution in [3.63, 3.8) is 0 Å². The third-order valence-corrected chi connectivity index (χ3v) is 4.22. The highest BCUT2D eigenvalue weighted by molar-refractivity contribution is 6.42. The maximum atomic E-state index is 6.04. The van der Waals surface area contributed by atoms with Gasteiger partial charge in [0.2, 0.25) is 0 Å². The van der Waals surface area contributed by atoms with Gasteiger partial charge in [-0.05, 0) is 42.8 Å². The number of nitrogens with zero attached hydrogens (tertiary/aromatic N) is 1. The molecule has 0 saturated carbocycles. The molecule has 2 aromatic carbocycles. The minimum atomic E-state index is 0.395. The van der Waals surface area contributed by atoms with Crippen molar-refractivity contribution in [3.05, 3.63) is 63.8 Å². The smallest absolute Gasteiger partial charge is 0.131 e. The first-order chi connectivity index (χ1) is 11.1. The Balaban J connectivity index is 1.93. The Morgan fingerprint density at radius 3 is 2.57 bits per heavy atom. The van der Waals surface area contributed by atoms with Crippen LogP contribution in [0, 0.1) is 6.92 Å². The molecule has 23 heavy (non-hydrogen) atoms. The predicted octanol–water partition coefficient (Wildman–Crippen LogP) is 5.44. The van der Waals surface area contributed by atoms with Gasteiger partial charge in [-0.2, -0.15) is 0 Å². The van der Waals surface area contributed by atoms with Crippen molar-refractivity contribution in [2.45, 2.75) is 13.5 Å². The van der Waals surface area contributed by atoms with E-state index in [1.54, 1.807) is 19.2 Å². The van der Waals surface area contributed by atoms with Gasteiger partial charge in [0.05, 0.1) is 22.7 Å². The standard InChI is InChI=1S/C18H15Cl2NO2/c1-11-7-18(14-9-13(22-2)4-6-17(14)21-11)23-10-12-3-5-15(19)16(20)8-12/h3-9H,10H2,1-2H3. The molecule has 5 heteroatoms. The number of ether oxygens (including phenoxy) is 2. The van der Waals surface area contributed by atoms with Crippen molar-refractivity contribution < 1.29 is 9.47 Å². The molecule has 0 aliphatic rings. The minimum absolute atomic E-state index is 0.395. The lowest BCUT2D eigenvalue weighted by Gasteiger charge is -2.12. The molecule has 1 aromatic heterocycles. The summed E-state index contributed by atoms with van der Waals surface area (Å²) < 4.78 is 11.3. The van der Waals surface area contributed by atoms with E-state index in [0.717, 1.165) is 33.7 Å². The van der Waals surface area contributed by atoms with Crippen molar-refractivity contribution in [2.24, 2.45) is 0 Å². The van der Waals surface area contributed by atoms with Crippen molar-refractivity contribution in [2.75, 3.05) is 7.11 Å². The molecule has 0 aliphatic carbocycles. The Morgan fingerprint density at radius 1 is 1.00 bits per heavy atom. The highest BCUT2D eigenvalue weighted by atomic mass is 35.5. The monoisotopic (exact) mass is 347 g/mol. The number of rotatable bonds is 4. The molecule has 0 spiro atoms. The number of methoxy groups -OCH3 is 1. The van der Waals surface area contributed by atoms with Crippen LogP contribution in [0.3, 0.4) is 0 Å². The molecule has 0 aliphatic heterocycles. The second kappa shape index (κ2) is 6.65. The second-order valence-electron chi connectivity index (χ2n) is 5.18. The Kier molecular flexibility index (Phi) is 4.60. The molecule has 0 radical (unpaired) electrons. The fourth-order valence-electron chi connectivity index (χ4n) is 2.34. The fraction of sp³-hybridized carbons (Fsp3) is 0.167. The number of pyridine rings is 1. The zero-order chi connectivity index (χ0) is 16.4. The second-order valence-corrected chi connectivity index (χ2v) is 6.00. The van der Waals surface area contributed by atoms with Crippen LogP contribution in [0.15, 0.2) is 42.5 Å². The lowest BCUT2D eigenvalue weighted by molar-refractivity contribution is 0.309. The lowest BCUT2D eigenvalue weighted by Crippen LogP contribution is -1.98. The van der Waals surface area contributed by atoms with E-state index in [-0.39, 0.29) is 0 Å². The van der Waals surface area contributed by atoms with Gasteiger partial charge < -0.3 is 9.47 Å². The van der Waals surface area contributed by atoms with Gasteiger partial charge in [-0.1, -0.05) is 29.3 Å². The summed E-state index contributed by atoms with van der Waals surface area (Å²) in [6.07, 6.45) is 0. The van der Waals surface area contributed by atoms with Crippen LogP contribution in [-0.4, -0.2) is 12.1 Å². The van der Waals surface area contributed by atoms with Gasteiger partial charge in [-0.15, -0.1) is 0 Å². The van der Waals surface area contributed by atoms with Crippen LogP contribution in [0.5, 0.6) is 11.5 Å². The minimum Gasteiger partial charge on any atom is -0.497 e. The third-order valence-electron chi connectivity index (χ3n) is 3.48. The average molecular weight is 348 g/mol. The molecule has 0 amide bonds. The van der Waals surface area contributed by atoms with Crippen LogP contribution in [0.1, 0.15) is 11.3 Å². The van der Waals surface area contributed by atoms with Crippen LogP contribution >= 0.6 is 23.2 Å². The normalized spacial score (nSPS) is 10.8. The van der Waals surface area contributed by atoms with E-state index in [1.165, 1.54) is 0 Å². The van der Waals surface area contributed by atoms with Gasteiger partial charge in [0.1, 0.15) is 18.1 Å². The van der Waals surface area contributed by atoms with Crippen molar-refractivity contribution in [3.8, 4) is 11.5 Å². The Hall–Kier alpha value is -1.97. The van der Waals surface area contributed by atoms with Gasteiger partial charge in [0.15, 0.2) is 0 Å². The Labute approximate surface area is 144 Å². The van der Waals surface area contributed by atoms with Crippen molar-refractivity contribution in [1.82, 2.24) is 4.98 Å². The van der Waals surface area contributed by atoms with E-state index < -0.39 is 0 Å². The van der Waals surface area contributed by atoms with Gasteiger partial charge in [0.25, 0.3) is 0 Å². The zero-order valence-electron chi connectivity index (χ0n) is 12.8. The molecule has 0 bridgehead atoms. The molecule has 3 nitrogen and oxygen atoms in total. The molecule has 0 saturated heterocycles. The van der Waals surface area contributed by atoms with Crippen LogP contribution in [0.25, 0.3) is 10.9 Å². The number of aryl methyl sites for hydroxylation is 1. The van der Waals surface area contributed by atoms with E-state index in [4.69, 9.17) is 32.7 Å². The number of hydrogen-bond acceptors (Lipinski definition) is 3. The van der Waals surface area contributed by atoms with E-state index in [0.29, 0.717) is 16.7 Å². The maximum absolute atomic E-state index is 6.04. The molecule has 3 rings (SSSR count). The van der Waals surface area contributed by atoms with Crippen LogP contribution in [0.2, 0.25) is 10.0 Å². The molecular formula is C18H15Cl2NO2. The maximum Gasteiger partial charge on any atom is 0.131 e. The van der Waals surface area contributed by atoms with Crippen LogP contribution in [-0.2, 0) is 6.61 Å². The summed E-state index contributed by atoms with van der Waals surface area (Å²) in [5, 5.41) is 1.96. The first kappa shape index (κ1) is 15.9. The Bertz CT molecular complexity index is 865. The van der Waals surface area contributed by atoms with Gasteiger partial charge in [-0.25, -0.2) is 0 Å². The third kappa shape index (κ3) is 3.52. The van der Waals surface area contributed by atoms with Gasteiger partial charge in [-0.3, -0.25) is 4.98 Å². The Morgan fingerprint density at radius 2 is 1.83 bits per heavy atom. The molecule has 0 fully saturated rings. The number of aromatic nitrogens is 1. The summed E-state index contributed by atoms with van der Waals surface area (Å²) in [7, 11) is 1.64. The fourth-order valence-corrected chi connectivity index (χ4v) is 2.66. The highest BCUT2D eigenvalue weighted by Gasteiger charge is 2.08. The quantitative estimate of drug-likeness (QED) is 0.629. The van der Waals surface area contributed by atoms with Crippen LogP contribution < -0.4 is 9.47 Å². The number of benzene rings is 2. The van der Waals surface area contributed by atoms with Gasteiger partial charge in [0, 0.05) is 17.1 Å². The average Bonchev–Trinajstić information content (AvgIpc) is 2.55. The summed E-state index contributed by atoms with van der Waals surface area (Å²) in [5.41, 5.74) is 2.71.